The first-order chi connectivity index (χ1) is 15.0. The van der Waals surface area contributed by atoms with Crippen molar-refractivity contribution in [3.63, 3.8) is 0 Å². The molecule has 0 fully saturated rings. The maximum atomic E-state index is 12.1. The first-order valence-corrected chi connectivity index (χ1v) is 10.7. The number of nitrogens with one attached hydrogen (secondary N) is 3. The predicted molar refractivity (Wildman–Crippen MR) is 119 cm³/mol. The van der Waals surface area contributed by atoms with Gasteiger partial charge in [-0.3, -0.25) is 9.59 Å². The highest BCUT2D eigenvalue weighted by Crippen LogP contribution is 2.24. The third kappa shape index (κ3) is 7.13. The van der Waals surface area contributed by atoms with Gasteiger partial charge in [-0.15, -0.1) is 0 Å². The molecule has 0 unspecified atom stereocenters. The van der Waals surface area contributed by atoms with Gasteiger partial charge in [-0.25, -0.2) is 4.79 Å². The molecule has 0 aromatic heterocycles. The third-order valence-electron chi connectivity index (χ3n) is 5.26. The van der Waals surface area contributed by atoms with Crippen molar-refractivity contribution in [2.45, 2.75) is 45.1 Å². The molecule has 0 aliphatic heterocycles. The van der Waals surface area contributed by atoms with Crippen LogP contribution in [0.5, 0.6) is 0 Å². The lowest BCUT2D eigenvalue weighted by molar-refractivity contribution is -0.148. The van der Waals surface area contributed by atoms with Crippen molar-refractivity contribution in [1.29, 1.82) is 0 Å². The Bertz CT molecular complexity index is 914. The topological polar surface area (TPSA) is 96.5 Å². The van der Waals surface area contributed by atoms with Gasteiger partial charge in [-0.05, 0) is 61.4 Å². The van der Waals surface area contributed by atoms with Crippen molar-refractivity contribution in [2.75, 3.05) is 18.5 Å². The summed E-state index contributed by atoms with van der Waals surface area (Å²) in [5, 5.41) is 8.10. The molecule has 3 amide bonds. The Morgan fingerprint density at radius 1 is 1.00 bits per heavy atom. The van der Waals surface area contributed by atoms with Crippen molar-refractivity contribution >= 4 is 23.6 Å². The first kappa shape index (κ1) is 22.3. The van der Waals surface area contributed by atoms with Crippen molar-refractivity contribution in [3.8, 4) is 0 Å². The second kappa shape index (κ2) is 11.2. The van der Waals surface area contributed by atoms with Gasteiger partial charge in [-0.1, -0.05) is 36.4 Å². The molecule has 0 radical (unpaired) electrons. The van der Waals surface area contributed by atoms with Crippen LogP contribution in [0.25, 0.3) is 0 Å². The Hall–Kier alpha value is -3.35. The van der Waals surface area contributed by atoms with Crippen LogP contribution in [0.15, 0.2) is 48.5 Å². The lowest BCUT2D eigenvalue weighted by Crippen LogP contribution is -2.33. The maximum absolute atomic E-state index is 12.1. The number of aryl methyl sites for hydroxylation is 2. The fourth-order valence-corrected chi connectivity index (χ4v) is 3.58. The zero-order chi connectivity index (χ0) is 22.1. The van der Waals surface area contributed by atoms with E-state index in [-0.39, 0.29) is 31.5 Å². The largest absolute Gasteiger partial charge is 0.456 e. The van der Waals surface area contributed by atoms with E-state index >= 15 is 0 Å². The molecule has 0 heterocycles. The second-order valence-corrected chi connectivity index (χ2v) is 7.68. The molecule has 3 N–H and O–H groups in total. The van der Waals surface area contributed by atoms with E-state index in [1.54, 1.807) is 12.1 Å². The minimum atomic E-state index is -0.545. The molecule has 7 nitrogen and oxygen atoms in total. The van der Waals surface area contributed by atoms with Crippen LogP contribution in [-0.4, -0.2) is 31.1 Å². The fraction of sp³-hybridized carbons (Fsp3) is 0.375. The second-order valence-electron chi connectivity index (χ2n) is 7.68. The third-order valence-corrected chi connectivity index (χ3v) is 5.26. The zero-order valence-electron chi connectivity index (χ0n) is 17.8. The minimum Gasteiger partial charge on any atom is -0.456 e. The predicted octanol–water partition coefficient (Wildman–Crippen LogP) is 3.50. The first-order valence-electron chi connectivity index (χ1n) is 10.7. The summed E-state index contributed by atoms with van der Waals surface area (Å²) >= 11 is 0. The van der Waals surface area contributed by atoms with Crippen molar-refractivity contribution in [1.82, 2.24) is 10.6 Å². The van der Waals surface area contributed by atoms with Gasteiger partial charge in [0, 0.05) is 12.2 Å². The number of carbonyl (C=O) groups is 3. The summed E-state index contributed by atoms with van der Waals surface area (Å²) in [7, 11) is 0. The molecule has 31 heavy (non-hydrogen) atoms. The van der Waals surface area contributed by atoms with Gasteiger partial charge >= 0.3 is 12.0 Å². The summed E-state index contributed by atoms with van der Waals surface area (Å²) in [4.78, 5) is 35.7. The van der Waals surface area contributed by atoms with Crippen molar-refractivity contribution < 1.29 is 19.1 Å². The molecule has 164 valence electrons. The van der Waals surface area contributed by atoms with Crippen LogP contribution in [0.3, 0.4) is 0 Å². The van der Waals surface area contributed by atoms with Crippen molar-refractivity contribution in [2.24, 2.45) is 0 Å². The average molecular weight is 424 g/mol. The van der Waals surface area contributed by atoms with Gasteiger partial charge in [0.2, 0.25) is 0 Å². The fourth-order valence-electron chi connectivity index (χ4n) is 3.58. The monoisotopic (exact) mass is 423 g/mol. The number of esters is 1. The molecule has 7 heteroatoms. The summed E-state index contributed by atoms with van der Waals surface area (Å²) in [5.41, 5.74) is 4.47. The maximum Gasteiger partial charge on any atom is 0.319 e. The lowest BCUT2D eigenvalue weighted by atomic mass is 9.89. The number of ether oxygens (including phenoxy) is 1. The smallest absolute Gasteiger partial charge is 0.319 e. The Kier molecular flexibility index (Phi) is 8.04. The number of rotatable bonds is 8. The van der Waals surface area contributed by atoms with Crippen LogP contribution in [0.4, 0.5) is 10.5 Å². The molecule has 0 bridgehead atoms. The Labute approximate surface area is 182 Å². The van der Waals surface area contributed by atoms with E-state index in [2.05, 4.69) is 28.1 Å². The van der Waals surface area contributed by atoms with Gasteiger partial charge in [0.1, 0.15) is 0 Å². The summed E-state index contributed by atoms with van der Waals surface area (Å²) in [5.74, 6) is -0.898. The summed E-state index contributed by atoms with van der Waals surface area (Å²) in [6.45, 7) is 1.69. The number of hydrogen-bond acceptors (Lipinski definition) is 4. The quantitative estimate of drug-likeness (QED) is 0.566. The number of amides is 3. The molecule has 1 atom stereocenters. The molecule has 1 aliphatic carbocycles. The molecule has 1 aliphatic rings. The van der Waals surface area contributed by atoms with Crippen LogP contribution in [0.2, 0.25) is 0 Å². The number of fused-ring (bicyclic) bond motifs is 1. The zero-order valence-corrected chi connectivity index (χ0v) is 17.8. The van der Waals surface area contributed by atoms with E-state index in [1.807, 2.05) is 31.2 Å². The SMILES string of the molecule is C[C@@H](NC(=O)COC(=O)CCNC(=O)Nc1ccccc1)c1ccc2c(c1)CCCC2. The lowest BCUT2D eigenvalue weighted by Gasteiger charge is -2.20. The number of carbonyl (C=O) groups excluding carboxylic acids is 3. The van der Waals surface area contributed by atoms with E-state index in [0.717, 1.165) is 18.4 Å². The Morgan fingerprint density at radius 2 is 1.74 bits per heavy atom. The van der Waals surface area contributed by atoms with E-state index in [0.29, 0.717) is 5.69 Å². The van der Waals surface area contributed by atoms with Crippen LogP contribution in [0, 0.1) is 0 Å². The number of benzene rings is 2. The average Bonchev–Trinajstić information content (AvgIpc) is 2.78. The van der Waals surface area contributed by atoms with E-state index in [1.165, 1.54) is 24.0 Å². The van der Waals surface area contributed by atoms with Crippen LogP contribution in [0.1, 0.15) is 48.9 Å². The Balaban J connectivity index is 1.33. The number of anilines is 1. The molecule has 2 aromatic carbocycles. The molecule has 2 aromatic rings. The molecule has 0 spiro atoms. The number of para-hydroxylation sites is 1. The van der Waals surface area contributed by atoms with Gasteiger partial charge < -0.3 is 20.7 Å². The van der Waals surface area contributed by atoms with Crippen LogP contribution >= 0.6 is 0 Å². The van der Waals surface area contributed by atoms with E-state index in [4.69, 9.17) is 4.74 Å². The molecule has 0 saturated carbocycles. The highest BCUT2D eigenvalue weighted by Gasteiger charge is 2.15. The van der Waals surface area contributed by atoms with Gasteiger partial charge in [-0.2, -0.15) is 0 Å². The van der Waals surface area contributed by atoms with Crippen LogP contribution < -0.4 is 16.0 Å². The summed E-state index contributed by atoms with van der Waals surface area (Å²) < 4.78 is 5.01. The molecular formula is C24H29N3O4. The molecular weight excluding hydrogens is 394 g/mol. The van der Waals surface area contributed by atoms with Gasteiger partial charge in [0.05, 0.1) is 12.5 Å². The van der Waals surface area contributed by atoms with E-state index in [9.17, 15) is 14.4 Å². The van der Waals surface area contributed by atoms with Crippen molar-refractivity contribution in [3.05, 3.63) is 65.2 Å². The van der Waals surface area contributed by atoms with Crippen LogP contribution in [-0.2, 0) is 27.2 Å². The number of hydrogen-bond donors (Lipinski definition) is 3. The van der Waals surface area contributed by atoms with E-state index < -0.39 is 12.0 Å². The normalized spacial score (nSPS) is 13.5. The van der Waals surface area contributed by atoms with Gasteiger partial charge in [0.25, 0.3) is 5.91 Å². The minimum absolute atomic E-state index is 0.0180. The molecule has 0 saturated heterocycles. The number of urea groups is 1. The summed E-state index contributed by atoms with van der Waals surface area (Å²) in [6.07, 6.45) is 4.62. The highest BCUT2D eigenvalue weighted by molar-refractivity contribution is 5.89. The Morgan fingerprint density at radius 3 is 2.52 bits per heavy atom. The highest BCUT2D eigenvalue weighted by atomic mass is 16.5. The van der Waals surface area contributed by atoms with Gasteiger partial charge in [0.15, 0.2) is 6.61 Å². The molecule has 3 rings (SSSR count). The standard InChI is InChI=1S/C24H29N3O4/c1-17(19-12-11-18-7-5-6-8-20(18)15-19)26-22(28)16-31-23(29)13-14-25-24(30)27-21-9-3-2-4-10-21/h2-4,9-12,15,17H,5-8,13-14,16H2,1H3,(H,26,28)(H2,25,27,30)/t17-/m1/s1. The summed E-state index contributed by atoms with van der Waals surface area (Å²) in [6, 6.07) is 14.8.